The molecule has 0 aliphatic carbocycles. The molecular weight excluding hydrogens is 111 g/mol. The first kappa shape index (κ1) is 6.86. The predicted octanol–water partition coefficient (Wildman–Crippen LogP) is -1.11. The molecular formula is C3H9N2OP. The smallest absolute Gasteiger partial charge is 0.240 e. The van der Waals surface area contributed by atoms with Crippen LogP contribution in [0.5, 0.6) is 0 Å². The highest BCUT2D eigenvalue weighted by Gasteiger charge is 2.00. The van der Waals surface area contributed by atoms with Gasteiger partial charge in [-0.25, -0.2) is 0 Å². The second-order valence-electron chi connectivity index (χ2n) is 1.14. The Morgan fingerprint density at radius 3 is 2.43 bits per heavy atom. The number of carbonyl (C=O) groups excluding carboxylic acids is 1. The number of amides is 1. The monoisotopic (exact) mass is 120 g/mol. The number of likely N-dealkylation sites (N-methyl/N-ethyl adjacent to an activating group) is 1. The van der Waals surface area contributed by atoms with Crippen LogP contribution >= 0.6 is 9.24 Å². The van der Waals surface area contributed by atoms with Gasteiger partial charge in [0, 0.05) is 7.05 Å². The standard InChI is InChI=1S/C3H9N2OP/c1-5-3(6)2(4)7/h2H,4,7H2,1H3,(H,5,6)/t2-/m1/s1. The van der Waals surface area contributed by atoms with Gasteiger partial charge in [-0.1, -0.05) is 0 Å². The van der Waals surface area contributed by atoms with Gasteiger partial charge in [0.15, 0.2) is 0 Å². The zero-order valence-electron chi connectivity index (χ0n) is 4.14. The highest BCUT2D eigenvalue weighted by atomic mass is 31.0. The lowest BCUT2D eigenvalue weighted by Gasteiger charge is -1.99. The number of rotatable bonds is 1. The second-order valence-corrected chi connectivity index (χ2v) is 1.86. The van der Waals surface area contributed by atoms with E-state index in [-0.39, 0.29) is 5.91 Å². The summed E-state index contributed by atoms with van der Waals surface area (Å²) >= 11 is 0. The third-order valence-electron chi connectivity index (χ3n) is 0.549. The summed E-state index contributed by atoms with van der Waals surface area (Å²) in [5.41, 5.74) is 5.10. The SMILES string of the molecule is CNC(=O)[C@H](N)P. The van der Waals surface area contributed by atoms with Gasteiger partial charge in [0.1, 0.15) is 0 Å². The minimum atomic E-state index is -0.468. The molecule has 0 saturated carbocycles. The molecule has 0 radical (unpaired) electrons. The van der Waals surface area contributed by atoms with Crippen LogP contribution in [0.15, 0.2) is 0 Å². The molecule has 0 aliphatic rings. The third-order valence-corrected chi connectivity index (χ3v) is 0.852. The van der Waals surface area contributed by atoms with E-state index in [4.69, 9.17) is 5.73 Å². The number of carbonyl (C=O) groups is 1. The summed E-state index contributed by atoms with van der Waals surface area (Å²) in [6.07, 6.45) is 0. The Kier molecular flexibility index (Phi) is 2.88. The average molecular weight is 120 g/mol. The summed E-state index contributed by atoms with van der Waals surface area (Å²) in [5, 5.41) is 2.38. The normalized spacial score (nSPS) is 13.0. The summed E-state index contributed by atoms with van der Waals surface area (Å²) in [7, 11) is 3.73. The molecule has 0 bridgehead atoms. The minimum Gasteiger partial charge on any atom is -0.358 e. The Bertz CT molecular complexity index is 73.3. The molecule has 1 unspecified atom stereocenters. The zero-order chi connectivity index (χ0) is 5.86. The van der Waals surface area contributed by atoms with Gasteiger partial charge in [-0.3, -0.25) is 4.79 Å². The average Bonchev–Trinajstić information content (AvgIpc) is 1.65. The maximum absolute atomic E-state index is 10.3. The van der Waals surface area contributed by atoms with Crippen LogP contribution in [0.1, 0.15) is 0 Å². The van der Waals surface area contributed by atoms with Gasteiger partial charge < -0.3 is 11.1 Å². The summed E-state index contributed by atoms with van der Waals surface area (Å²) in [4.78, 5) is 10.3. The molecule has 0 aromatic carbocycles. The van der Waals surface area contributed by atoms with E-state index in [9.17, 15) is 4.79 Å². The van der Waals surface area contributed by atoms with Crippen LogP contribution in [0, 0.1) is 0 Å². The largest absolute Gasteiger partial charge is 0.358 e. The van der Waals surface area contributed by atoms with Crippen molar-refractivity contribution in [2.24, 2.45) is 5.73 Å². The third kappa shape index (κ3) is 2.54. The second kappa shape index (κ2) is 2.94. The van der Waals surface area contributed by atoms with Gasteiger partial charge >= 0.3 is 0 Å². The van der Waals surface area contributed by atoms with Crippen molar-refractivity contribution in [2.75, 3.05) is 7.05 Å². The van der Waals surface area contributed by atoms with Crippen LogP contribution in [-0.4, -0.2) is 18.7 Å². The van der Waals surface area contributed by atoms with Gasteiger partial charge in [0.25, 0.3) is 0 Å². The quantitative estimate of drug-likeness (QED) is 0.431. The zero-order valence-corrected chi connectivity index (χ0v) is 5.29. The van der Waals surface area contributed by atoms with Crippen molar-refractivity contribution in [1.82, 2.24) is 5.32 Å². The van der Waals surface area contributed by atoms with Crippen LogP contribution in [0.2, 0.25) is 0 Å². The van der Waals surface area contributed by atoms with E-state index in [1.54, 1.807) is 7.05 Å². The molecule has 4 heteroatoms. The minimum absolute atomic E-state index is 0.162. The molecule has 2 atom stereocenters. The lowest BCUT2D eigenvalue weighted by molar-refractivity contribution is -0.120. The van der Waals surface area contributed by atoms with E-state index < -0.39 is 5.78 Å². The first-order valence-corrected chi connectivity index (χ1v) is 2.58. The lowest BCUT2D eigenvalue weighted by Crippen LogP contribution is -2.33. The molecule has 0 aromatic rings. The van der Waals surface area contributed by atoms with Crippen LogP contribution in [-0.2, 0) is 4.79 Å². The van der Waals surface area contributed by atoms with Crippen LogP contribution in [0.3, 0.4) is 0 Å². The number of hydrogen-bond donors (Lipinski definition) is 2. The maximum Gasteiger partial charge on any atom is 0.240 e. The van der Waals surface area contributed by atoms with E-state index in [0.717, 1.165) is 0 Å². The van der Waals surface area contributed by atoms with E-state index in [1.165, 1.54) is 0 Å². The summed E-state index contributed by atoms with van der Waals surface area (Å²) in [6, 6.07) is 0. The Balaban J connectivity index is 3.35. The topological polar surface area (TPSA) is 55.1 Å². The first-order valence-electron chi connectivity index (χ1n) is 1.91. The highest BCUT2D eigenvalue weighted by molar-refractivity contribution is 7.19. The van der Waals surface area contributed by atoms with Crippen LogP contribution in [0.4, 0.5) is 0 Å². The molecule has 0 heterocycles. The van der Waals surface area contributed by atoms with Crippen molar-refractivity contribution in [3.8, 4) is 0 Å². The van der Waals surface area contributed by atoms with E-state index >= 15 is 0 Å². The Labute approximate surface area is 44.9 Å². The molecule has 0 saturated heterocycles. The Hall–Kier alpha value is -0.140. The molecule has 0 spiro atoms. The fourth-order valence-electron chi connectivity index (χ4n) is 0.167. The van der Waals surface area contributed by atoms with Gasteiger partial charge in [0.2, 0.25) is 5.91 Å². The van der Waals surface area contributed by atoms with E-state index in [2.05, 4.69) is 14.6 Å². The van der Waals surface area contributed by atoms with Crippen molar-refractivity contribution in [3.05, 3.63) is 0 Å². The highest BCUT2D eigenvalue weighted by Crippen LogP contribution is 1.86. The van der Waals surface area contributed by atoms with Gasteiger partial charge in [-0.05, 0) is 0 Å². The summed E-state index contributed by atoms with van der Waals surface area (Å²) in [5.74, 6) is -0.630. The Morgan fingerprint density at radius 2 is 2.43 bits per heavy atom. The van der Waals surface area contributed by atoms with Crippen molar-refractivity contribution in [2.45, 2.75) is 5.78 Å². The fraction of sp³-hybridized carbons (Fsp3) is 0.667. The molecule has 0 fully saturated rings. The summed E-state index contributed by atoms with van der Waals surface area (Å²) < 4.78 is 0. The van der Waals surface area contributed by atoms with E-state index in [1.807, 2.05) is 0 Å². The number of hydrogen-bond acceptors (Lipinski definition) is 2. The first-order chi connectivity index (χ1) is 3.18. The fourth-order valence-corrected chi connectivity index (χ4v) is 0.333. The van der Waals surface area contributed by atoms with Crippen LogP contribution in [0.25, 0.3) is 0 Å². The molecule has 0 aliphatic heterocycles. The number of nitrogens with two attached hydrogens (primary N) is 1. The van der Waals surface area contributed by atoms with Crippen molar-refractivity contribution >= 4 is 15.1 Å². The molecule has 42 valence electrons. The maximum atomic E-state index is 10.3. The summed E-state index contributed by atoms with van der Waals surface area (Å²) in [6.45, 7) is 0. The van der Waals surface area contributed by atoms with Gasteiger partial charge in [-0.15, -0.1) is 9.24 Å². The molecule has 7 heavy (non-hydrogen) atoms. The molecule has 1 amide bonds. The van der Waals surface area contributed by atoms with Crippen molar-refractivity contribution in [3.63, 3.8) is 0 Å². The van der Waals surface area contributed by atoms with Gasteiger partial charge in [-0.2, -0.15) is 0 Å². The van der Waals surface area contributed by atoms with Crippen LogP contribution < -0.4 is 11.1 Å². The lowest BCUT2D eigenvalue weighted by atomic mass is 10.6. The van der Waals surface area contributed by atoms with Crippen molar-refractivity contribution < 1.29 is 4.79 Å². The molecule has 0 rings (SSSR count). The van der Waals surface area contributed by atoms with Crippen molar-refractivity contribution in [1.29, 1.82) is 0 Å². The van der Waals surface area contributed by atoms with E-state index in [0.29, 0.717) is 0 Å². The number of nitrogens with one attached hydrogen (secondary N) is 1. The molecule has 0 aromatic heterocycles. The Morgan fingerprint density at radius 1 is 2.00 bits per heavy atom. The molecule has 3 N–H and O–H groups in total. The predicted molar refractivity (Wildman–Crippen MR) is 31.8 cm³/mol. The van der Waals surface area contributed by atoms with Gasteiger partial charge in [0.05, 0.1) is 5.78 Å². The molecule has 3 nitrogen and oxygen atoms in total.